The van der Waals surface area contributed by atoms with Crippen LogP contribution in [0.5, 0.6) is 0 Å². The fourth-order valence-electron chi connectivity index (χ4n) is 2.69. The summed E-state index contributed by atoms with van der Waals surface area (Å²) in [6, 6.07) is 0. The molecule has 1 aromatic rings. The molecule has 106 valence electrons. The second kappa shape index (κ2) is 5.69. The molecule has 0 amide bonds. The summed E-state index contributed by atoms with van der Waals surface area (Å²) < 4.78 is 5.19. The molecule has 19 heavy (non-hydrogen) atoms. The molecule has 0 saturated heterocycles. The summed E-state index contributed by atoms with van der Waals surface area (Å²) in [7, 11) is 3.85. The van der Waals surface area contributed by atoms with Crippen LogP contribution in [0.4, 0.5) is 0 Å². The van der Waals surface area contributed by atoms with Crippen molar-refractivity contribution in [1.29, 1.82) is 0 Å². The highest BCUT2D eigenvalue weighted by atomic mass is 16.5. The van der Waals surface area contributed by atoms with Gasteiger partial charge < -0.3 is 14.5 Å². The lowest BCUT2D eigenvalue weighted by molar-refractivity contribution is -0.151. The molecule has 1 heterocycles. The molecule has 0 aliphatic heterocycles. The Morgan fingerprint density at radius 3 is 2.63 bits per heavy atom. The lowest BCUT2D eigenvalue weighted by Gasteiger charge is -2.31. The average molecular weight is 267 g/mol. The van der Waals surface area contributed by atoms with Gasteiger partial charge >= 0.3 is 5.97 Å². The highest BCUT2D eigenvalue weighted by Crippen LogP contribution is 2.39. The maximum Gasteiger partial charge on any atom is 0.310 e. The van der Waals surface area contributed by atoms with Gasteiger partial charge in [0.15, 0.2) is 5.82 Å². The van der Waals surface area contributed by atoms with Gasteiger partial charge in [-0.3, -0.25) is 4.79 Å². The fourth-order valence-corrected chi connectivity index (χ4v) is 2.69. The van der Waals surface area contributed by atoms with Gasteiger partial charge in [-0.25, -0.2) is 0 Å². The summed E-state index contributed by atoms with van der Waals surface area (Å²) in [6.07, 6.45) is 4.80. The Labute approximate surface area is 112 Å². The van der Waals surface area contributed by atoms with Crippen molar-refractivity contribution in [3.05, 3.63) is 11.7 Å². The molecule has 2 rings (SSSR count). The predicted molar refractivity (Wildman–Crippen MR) is 68.5 cm³/mol. The van der Waals surface area contributed by atoms with Crippen molar-refractivity contribution in [2.75, 3.05) is 14.1 Å². The minimum absolute atomic E-state index is 0.350. The first-order chi connectivity index (χ1) is 9.02. The molecule has 0 bridgehead atoms. The third kappa shape index (κ3) is 3.32. The van der Waals surface area contributed by atoms with Crippen molar-refractivity contribution in [3.63, 3.8) is 0 Å². The van der Waals surface area contributed by atoms with Crippen LogP contribution in [0.15, 0.2) is 4.52 Å². The van der Waals surface area contributed by atoms with Gasteiger partial charge in [-0.05, 0) is 26.9 Å². The normalized spacial score (nSPS) is 18.7. The van der Waals surface area contributed by atoms with E-state index in [0.29, 0.717) is 37.5 Å². The number of carbonyl (C=O) groups is 1. The van der Waals surface area contributed by atoms with Gasteiger partial charge in [0, 0.05) is 6.42 Å². The van der Waals surface area contributed by atoms with Crippen LogP contribution in [0.2, 0.25) is 0 Å². The summed E-state index contributed by atoms with van der Waals surface area (Å²) in [5.41, 5.74) is -0.708. The first-order valence-corrected chi connectivity index (χ1v) is 6.71. The maximum absolute atomic E-state index is 11.6. The van der Waals surface area contributed by atoms with Crippen LogP contribution in [0.25, 0.3) is 0 Å². The SMILES string of the molecule is CN(C)Cc1noc(CC2(C(=O)O)CCCCC2)n1. The summed E-state index contributed by atoms with van der Waals surface area (Å²) in [5, 5.41) is 13.4. The molecular weight excluding hydrogens is 246 g/mol. The molecule has 1 saturated carbocycles. The number of aliphatic carboxylic acids is 1. The Morgan fingerprint density at radius 2 is 2.05 bits per heavy atom. The molecule has 6 nitrogen and oxygen atoms in total. The van der Waals surface area contributed by atoms with Gasteiger partial charge in [0.05, 0.1) is 12.0 Å². The molecular formula is C13H21N3O3. The molecule has 1 N–H and O–H groups in total. The Kier molecular flexibility index (Phi) is 4.19. The zero-order valence-electron chi connectivity index (χ0n) is 11.6. The van der Waals surface area contributed by atoms with Crippen molar-refractivity contribution >= 4 is 5.97 Å². The molecule has 6 heteroatoms. The molecule has 0 atom stereocenters. The van der Waals surface area contributed by atoms with Gasteiger partial charge in [-0.2, -0.15) is 4.98 Å². The van der Waals surface area contributed by atoms with E-state index in [2.05, 4.69) is 10.1 Å². The molecule has 1 aliphatic carbocycles. The van der Waals surface area contributed by atoms with E-state index in [4.69, 9.17) is 4.52 Å². The zero-order chi connectivity index (χ0) is 13.9. The van der Waals surface area contributed by atoms with Crippen LogP contribution in [-0.2, 0) is 17.8 Å². The number of hydrogen-bond acceptors (Lipinski definition) is 5. The number of nitrogens with zero attached hydrogens (tertiary/aromatic N) is 3. The Bertz CT molecular complexity index is 436. The van der Waals surface area contributed by atoms with Crippen molar-refractivity contribution in [3.8, 4) is 0 Å². The fraction of sp³-hybridized carbons (Fsp3) is 0.769. The molecule has 0 radical (unpaired) electrons. The Hall–Kier alpha value is -1.43. The number of rotatable bonds is 5. The van der Waals surface area contributed by atoms with Crippen LogP contribution in [0.3, 0.4) is 0 Å². The topological polar surface area (TPSA) is 79.5 Å². The van der Waals surface area contributed by atoms with Crippen LogP contribution >= 0.6 is 0 Å². The first kappa shape index (κ1) is 14.0. The average Bonchev–Trinajstić information content (AvgIpc) is 2.76. The van der Waals surface area contributed by atoms with E-state index in [1.54, 1.807) is 0 Å². The largest absolute Gasteiger partial charge is 0.481 e. The van der Waals surface area contributed by atoms with E-state index in [1.165, 1.54) is 0 Å². The number of hydrogen-bond donors (Lipinski definition) is 1. The molecule has 0 spiro atoms. The third-order valence-corrected chi connectivity index (χ3v) is 3.72. The Balaban J connectivity index is 2.09. The van der Waals surface area contributed by atoms with E-state index in [-0.39, 0.29) is 0 Å². The van der Waals surface area contributed by atoms with Gasteiger partial charge in [-0.15, -0.1) is 0 Å². The first-order valence-electron chi connectivity index (χ1n) is 6.71. The van der Waals surface area contributed by atoms with Crippen LogP contribution in [0, 0.1) is 5.41 Å². The number of carboxylic acid groups (broad SMARTS) is 1. The second-order valence-corrected chi connectivity index (χ2v) is 5.67. The highest BCUT2D eigenvalue weighted by Gasteiger charge is 2.41. The molecule has 0 aromatic carbocycles. The van der Waals surface area contributed by atoms with Crippen LogP contribution in [-0.4, -0.2) is 40.2 Å². The van der Waals surface area contributed by atoms with Crippen LogP contribution in [0.1, 0.15) is 43.8 Å². The number of carboxylic acids is 1. The summed E-state index contributed by atoms with van der Waals surface area (Å²) >= 11 is 0. The van der Waals surface area contributed by atoms with Gasteiger partial charge in [0.1, 0.15) is 0 Å². The van der Waals surface area contributed by atoms with E-state index in [0.717, 1.165) is 19.3 Å². The summed E-state index contributed by atoms with van der Waals surface area (Å²) in [5.74, 6) is 0.317. The predicted octanol–water partition coefficient (Wildman–Crippen LogP) is 1.71. The van der Waals surface area contributed by atoms with Gasteiger partial charge in [-0.1, -0.05) is 24.4 Å². The van der Waals surface area contributed by atoms with Gasteiger partial charge in [0.25, 0.3) is 0 Å². The molecule has 1 aliphatic rings. The third-order valence-electron chi connectivity index (χ3n) is 3.72. The standard InChI is InChI=1S/C13H21N3O3/c1-16(2)9-10-14-11(19-15-10)8-13(12(17)18)6-4-3-5-7-13/h3-9H2,1-2H3,(H,17,18). The smallest absolute Gasteiger partial charge is 0.310 e. The van der Waals surface area contributed by atoms with E-state index >= 15 is 0 Å². The highest BCUT2D eigenvalue weighted by molar-refractivity contribution is 5.75. The maximum atomic E-state index is 11.6. The minimum atomic E-state index is -0.737. The molecule has 1 fully saturated rings. The zero-order valence-corrected chi connectivity index (χ0v) is 11.6. The van der Waals surface area contributed by atoms with Crippen molar-refractivity contribution < 1.29 is 14.4 Å². The lowest BCUT2D eigenvalue weighted by atomic mass is 9.72. The monoisotopic (exact) mass is 267 g/mol. The summed E-state index contributed by atoms with van der Waals surface area (Å²) in [4.78, 5) is 17.8. The van der Waals surface area contributed by atoms with Crippen LogP contribution < -0.4 is 0 Å². The Morgan fingerprint density at radius 1 is 1.37 bits per heavy atom. The quantitative estimate of drug-likeness (QED) is 0.874. The van der Waals surface area contributed by atoms with Gasteiger partial charge in [0.2, 0.25) is 5.89 Å². The molecule has 1 aromatic heterocycles. The summed E-state index contributed by atoms with van der Waals surface area (Å²) in [6.45, 7) is 0.601. The van der Waals surface area contributed by atoms with Crippen molar-refractivity contribution in [2.45, 2.75) is 45.1 Å². The second-order valence-electron chi connectivity index (χ2n) is 5.67. The number of aromatic nitrogens is 2. The molecule has 0 unspecified atom stereocenters. The van der Waals surface area contributed by atoms with E-state index in [9.17, 15) is 9.90 Å². The minimum Gasteiger partial charge on any atom is -0.481 e. The lowest BCUT2D eigenvalue weighted by Crippen LogP contribution is -2.35. The van der Waals surface area contributed by atoms with Crippen molar-refractivity contribution in [1.82, 2.24) is 15.0 Å². The van der Waals surface area contributed by atoms with E-state index in [1.807, 2.05) is 19.0 Å². The van der Waals surface area contributed by atoms with Crippen molar-refractivity contribution in [2.24, 2.45) is 5.41 Å². The van der Waals surface area contributed by atoms with E-state index < -0.39 is 11.4 Å².